The van der Waals surface area contributed by atoms with E-state index in [0.717, 1.165) is 52.7 Å². The number of aryl methyl sites for hydroxylation is 1. The Balaban J connectivity index is 1.31. The Morgan fingerprint density at radius 2 is 1.83 bits per heavy atom. The number of aromatic nitrogens is 2. The van der Waals surface area contributed by atoms with Gasteiger partial charge in [-0.05, 0) is 70.4 Å². The topological polar surface area (TPSA) is 105 Å². The highest BCUT2D eigenvalue weighted by atomic mass is 32.1. The Bertz CT molecular complexity index is 1640. The number of thiazole rings is 1. The van der Waals surface area contributed by atoms with Gasteiger partial charge in [0.05, 0.1) is 17.8 Å². The van der Waals surface area contributed by atoms with Crippen LogP contribution >= 0.6 is 11.3 Å². The predicted octanol–water partition coefficient (Wildman–Crippen LogP) is 6.03. The Morgan fingerprint density at radius 3 is 2.50 bits per heavy atom. The molecule has 0 radical (unpaired) electrons. The number of benzene rings is 2. The zero-order chi connectivity index (χ0) is 30.2. The number of ether oxygens (including phenoxy) is 1. The number of amides is 3. The highest BCUT2D eigenvalue weighted by Gasteiger charge is 2.35. The predicted molar refractivity (Wildman–Crippen MR) is 157 cm³/mol. The molecule has 9 nitrogen and oxygen atoms in total. The molecular formula is C30H31F2N5O4S. The number of nitrogens with one attached hydrogen (secondary N) is 2. The van der Waals surface area contributed by atoms with Crippen LogP contribution in [0.5, 0.6) is 0 Å². The number of rotatable bonds is 6. The average Bonchev–Trinajstić information content (AvgIpc) is 3.46. The maximum atomic E-state index is 13.7. The summed E-state index contributed by atoms with van der Waals surface area (Å²) in [6.45, 7) is 7.21. The molecule has 0 saturated carbocycles. The molecule has 5 rings (SSSR count). The van der Waals surface area contributed by atoms with Crippen LogP contribution in [0, 0.1) is 11.6 Å². The maximum absolute atomic E-state index is 13.7. The summed E-state index contributed by atoms with van der Waals surface area (Å²) in [6.07, 6.45) is 2.51. The van der Waals surface area contributed by atoms with Crippen LogP contribution in [0.4, 0.5) is 24.3 Å². The van der Waals surface area contributed by atoms with Crippen LogP contribution in [0.3, 0.4) is 0 Å². The number of nitrogens with zero attached hydrogens (tertiary/aromatic N) is 3. The number of anilines is 2. The zero-order valence-electron chi connectivity index (χ0n) is 23.7. The number of hydrogen-bond acceptors (Lipinski definition) is 7. The lowest BCUT2D eigenvalue weighted by Crippen LogP contribution is -2.51. The summed E-state index contributed by atoms with van der Waals surface area (Å²) in [5.74, 6) is -3.20. The molecule has 0 unspecified atom stereocenters. The largest absolute Gasteiger partial charge is 0.443 e. The molecule has 4 aromatic rings. The van der Waals surface area contributed by atoms with Gasteiger partial charge in [0.2, 0.25) is 11.8 Å². The first-order chi connectivity index (χ1) is 19.9. The van der Waals surface area contributed by atoms with Crippen LogP contribution in [-0.4, -0.2) is 50.4 Å². The van der Waals surface area contributed by atoms with Crippen molar-refractivity contribution in [2.45, 2.75) is 58.6 Å². The first-order valence-corrected chi connectivity index (χ1v) is 14.4. The first-order valence-electron chi connectivity index (χ1n) is 13.5. The fraction of sp³-hybridized carbons (Fsp3) is 0.333. The Kier molecular flexibility index (Phi) is 8.00. The van der Waals surface area contributed by atoms with E-state index in [4.69, 9.17) is 9.72 Å². The monoisotopic (exact) mass is 595 g/mol. The molecule has 1 aliphatic rings. The van der Waals surface area contributed by atoms with Crippen LogP contribution in [0.1, 0.15) is 45.4 Å². The van der Waals surface area contributed by atoms with E-state index in [9.17, 15) is 23.2 Å². The van der Waals surface area contributed by atoms with Gasteiger partial charge in [-0.3, -0.25) is 14.0 Å². The van der Waals surface area contributed by atoms with E-state index in [1.54, 1.807) is 44.2 Å². The number of imide groups is 1. The molecule has 0 bridgehead atoms. The smallest absolute Gasteiger partial charge is 0.417 e. The third-order valence-electron chi connectivity index (χ3n) is 6.65. The van der Waals surface area contributed by atoms with Crippen molar-refractivity contribution >= 4 is 44.9 Å². The lowest BCUT2D eigenvalue weighted by Gasteiger charge is -2.29. The number of carbonyl (C=O) groups is 3. The van der Waals surface area contributed by atoms with Crippen molar-refractivity contribution < 1.29 is 27.9 Å². The summed E-state index contributed by atoms with van der Waals surface area (Å²) in [5.41, 5.74) is 2.40. The highest BCUT2D eigenvalue weighted by Crippen LogP contribution is 2.34. The van der Waals surface area contributed by atoms with Crippen LogP contribution in [0.15, 0.2) is 48.7 Å². The molecule has 0 spiro atoms. The minimum Gasteiger partial charge on any atom is -0.443 e. The van der Waals surface area contributed by atoms with Crippen LogP contribution in [-0.2, 0) is 27.2 Å². The molecule has 2 N–H and O–H groups in total. The van der Waals surface area contributed by atoms with Crippen molar-refractivity contribution in [1.29, 1.82) is 0 Å². The molecule has 3 amide bonds. The van der Waals surface area contributed by atoms with Gasteiger partial charge in [0.25, 0.3) is 0 Å². The fourth-order valence-corrected chi connectivity index (χ4v) is 5.79. The molecule has 2 aromatic heterocycles. The number of fused-ring (bicyclic) bond motifs is 3. The molecule has 0 aliphatic carbocycles. The second kappa shape index (κ2) is 11.5. The number of halogens is 2. The van der Waals surface area contributed by atoms with Crippen molar-refractivity contribution in [2.75, 3.05) is 17.2 Å². The van der Waals surface area contributed by atoms with E-state index in [2.05, 4.69) is 15.0 Å². The van der Waals surface area contributed by atoms with Crippen LogP contribution < -0.4 is 10.6 Å². The molecule has 1 atom stereocenters. The number of hydrogen-bond donors (Lipinski definition) is 2. The molecule has 0 fully saturated rings. The molecule has 3 heterocycles. The quantitative estimate of drug-likeness (QED) is 0.282. The third-order valence-corrected chi connectivity index (χ3v) is 7.70. The lowest BCUT2D eigenvalue weighted by molar-refractivity contribution is -0.136. The Hall–Kier alpha value is -4.32. The van der Waals surface area contributed by atoms with Gasteiger partial charge in [0, 0.05) is 30.1 Å². The van der Waals surface area contributed by atoms with Gasteiger partial charge in [0.15, 0.2) is 4.96 Å². The summed E-state index contributed by atoms with van der Waals surface area (Å²) < 4.78 is 34.9. The summed E-state index contributed by atoms with van der Waals surface area (Å²) in [5, 5.41) is 7.30. The molecule has 12 heteroatoms. The van der Waals surface area contributed by atoms with Crippen LogP contribution in [0.25, 0.3) is 16.2 Å². The van der Waals surface area contributed by atoms with Gasteiger partial charge < -0.3 is 15.4 Å². The molecule has 220 valence electrons. The van der Waals surface area contributed by atoms with E-state index in [0.29, 0.717) is 16.7 Å². The second-order valence-electron chi connectivity index (χ2n) is 11.1. The molecule has 1 aliphatic heterocycles. The minimum atomic E-state index is -1.29. The van der Waals surface area contributed by atoms with Gasteiger partial charge in [-0.15, -0.1) is 0 Å². The van der Waals surface area contributed by atoms with Crippen molar-refractivity contribution in [2.24, 2.45) is 0 Å². The van der Waals surface area contributed by atoms with Crippen molar-refractivity contribution in [1.82, 2.24) is 14.3 Å². The highest BCUT2D eigenvalue weighted by molar-refractivity contribution is 7.21. The van der Waals surface area contributed by atoms with Crippen molar-refractivity contribution in [3.8, 4) is 11.3 Å². The van der Waals surface area contributed by atoms with Gasteiger partial charge >= 0.3 is 6.09 Å². The minimum absolute atomic E-state index is 0.0187. The van der Waals surface area contributed by atoms with Gasteiger partial charge in [0.1, 0.15) is 28.3 Å². The van der Waals surface area contributed by atoms with E-state index in [1.165, 1.54) is 12.6 Å². The van der Waals surface area contributed by atoms with Crippen molar-refractivity contribution in [3.05, 3.63) is 71.6 Å². The van der Waals surface area contributed by atoms with Gasteiger partial charge in [-0.1, -0.05) is 23.5 Å². The van der Waals surface area contributed by atoms with E-state index < -0.39 is 47.6 Å². The number of carbonyl (C=O) groups excluding carboxylic acids is 3. The second-order valence-corrected chi connectivity index (χ2v) is 12.1. The molecule has 42 heavy (non-hydrogen) atoms. The third kappa shape index (κ3) is 6.43. The summed E-state index contributed by atoms with van der Waals surface area (Å²) in [7, 11) is 0. The van der Waals surface area contributed by atoms with Crippen LogP contribution in [0.2, 0.25) is 0 Å². The van der Waals surface area contributed by atoms with E-state index >= 15 is 0 Å². The Labute approximate surface area is 245 Å². The number of imidazole rings is 1. The van der Waals surface area contributed by atoms with Crippen molar-refractivity contribution in [3.63, 3.8) is 0 Å². The zero-order valence-corrected chi connectivity index (χ0v) is 24.5. The van der Waals surface area contributed by atoms with Gasteiger partial charge in [-0.2, -0.15) is 0 Å². The van der Waals surface area contributed by atoms with Gasteiger partial charge in [-0.25, -0.2) is 23.5 Å². The Morgan fingerprint density at radius 1 is 1.14 bits per heavy atom. The summed E-state index contributed by atoms with van der Waals surface area (Å²) in [6, 6.07) is 8.45. The lowest BCUT2D eigenvalue weighted by atomic mass is 10.1. The summed E-state index contributed by atoms with van der Waals surface area (Å²) >= 11 is 1.62. The first kappa shape index (κ1) is 29.2. The summed E-state index contributed by atoms with van der Waals surface area (Å²) in [4.78, 5) is 45.7. The van der Waals surface area contributed by atoms with E-state index in [1.807, 2.05) is 18.3 Å². The molecular weight excluding hydrogens is 564 g/mol. The average molecular weight is 596 g/mol. The van der Waals surface area contributed by atoms with E-state index in [-0.39, 0.29) is 5.56 Å². The standard InChI is InChI=1S/C30H31F2N5O4S/c1-17(37(29(40)41-30(2,3)4)25(38)14-18-12-20(31)15-21(32)13-18)26(39)34-22-9-7-19(8-10-22)23-16-36-24-6-5-11-33-27(24)42-28(36)35-23/h7-10,12-13,15-17,33H,5-6,11,14H2,1-4H3,(H,34,39)/t17-/m0/s1. The fourth-order valence-electron chi connectivity index (χ4n) is 4.71. The SMILES string of the molecule is C[C@@H](C(=O)Nc1ccc(-c2cn3c4c(sc3n2)NCCC4)cc1)N(C(=O)Cc1cc(F)cc(F)c1)C(=O)OC(C)(C)C. The normalized spacial score (nSPS) is 13.7. The molecule has 2 aromatic carbocycles. The maximum Gasteiger partial charge on any atom is 0.417 e. The molecule has 0 saturated heterocycles.